The predicted molar refractivity (Wildman–Crippen MR) is 83.9 cm³/mol. The van der Waals surface area contributed by atoms with E-state index in [0.29, 0.717) is 18.7 Å². The first kappa shape index (κ1) is 13.3. The van der Waals surface area contributed by atoms with Gasteiger partial charge in [0.1, 0.15) is 0 Å². The molecule has 0 saturated carbocycles. The van der Waals surface area contributed by atoms with Crippen LogP contribution in [0.1, 0.15) is 19.8 Å². The third-order valence-corrected chi connectivity index (χ3v) is 4.53. The highest BCUT2D eigenvalue weighted by molar-refractivity contribution is 7.99. The summed E-state index contributed by atoms with van der Waals surface area (Å²) >= 11 is 1.77. The van der Waals surface area contributed by atoms with E-state index in [9.17, 15) is 4.79 Å². The van der Waals surface area contributed by atoms with Crippen molar-refractivity contribution in [3.8, 4) is 0 Å². The maximum atomic E-state index is 12.1. The van der Waals surface area contributed by atoms with Crippen LogP contribution in [-0.4, -0.2) is 12.3 Å². The lowest BCUT2D eigenvalue weighted by Gasteiger charge is -2.32. The molecule has 3 heteroatoms. The van der Waals surface area contributed by atoms with E-state index >= 15 is 0 Å². The first-order chi connectivity index (χ1) is 9.79. The highest BCUT2D eigenvalue weighted by Crippen LogP contribution is 2.47. The lowest BCUT2D eigenvalue weighted by atomic mass is 10.1. The third-order valence-electron chi connectivity index (χ3n) is 3.40. The molecule has 0 atom stereocenters. The van der Waals surface area contributed by atoms with Gasteiger partial charge in [0, 0.05) is 16.2 Å². The van der Waals surface area contributed by atoms with Gasteiger partial charge in [0.15, 0.2) is 5.78 Å². The quantitative estimate of drug-likeness (QED) is 0.814. The Hall–Kier alpha value is -1.74. The fraction of sp³-hybridized carbons (Fsp3) is 0.235. The van der Waals surface area contributed by atoms with Crippen LogP contribution in [0.3, 0.4) is 0 Å². The first-order valence-electron chi connectivity index (χ1n) is 6.94. The number of hydrogen-bond acceptors (Lipinski definition) is 3. The molecule has 2 nitrogen and oxygen atoms in total. The summed E-state index contributed by atoms with van der Waals surface area (Å²) in [6.07, 6.45) is 1.55. The van der Waals surface area contributed by atoms with Crippen LogP contribution in [0, 0.1) is 0 Å². The number of fused-ring (bicyclic) bond motifs is 2. The SMILES string of the molecule is CCCC(=O)CN1c2ccccc2Sc2ccccc21. The summed E-state index contributed by atoms with van der Waals surface area (Å²) in [5.74, 6) is 0.295. The van der Waals surface area contributed by atoms with Gasteiger partial charge in [-0.05, 0) is 30.7 Å². The van der Waals surface area contributed by atoms with E-state index in [1.165, 1.54) is 9.79 Å². The molecule has 1 aliphatic heterocycles. The average molecular weight is 283 g/mol. The molecule has 3 rings (SSSR count). The van der Waals surface area contributed by atoms with Crippen molar-refractivity contribution in [2.45, 2.75) is 29.6 Å². The van der Waals surface area contributed by atoms with Crippen LogP contribution in [-0.2, 0) is 4.79 Å². The Bertz CT molecular complexity index is 593. The number of nitrogens with zero attached hydrogens (tertiary/aromatic N) is 1. The van der Waals surface area contributed by atoms with Gasteiger partial charge in [-0.1, -0.05) is 43.0 Å². The molecule has 0 spiro atoms. The minimum Gasteiger partial charge on any atom is -0.332 e. The summed E-state index contributed by atoms with van der Waals surface area (Å²) in [6.45, 7) is 2.51. The number of carbonyl (C=O) groups is 1. The van der Waals surface area contributed by atoms with Crippen LogP contribution in [0.5, 0.6) is 0 Å². The summed E-state index contributed by atoms with van der Waals surface area (Å²) in [6, 6.07) is 16.6. The Kier molecular flexibility index (Phi) is 3.79. The van der Waals surface area contributed by atoms with Crippen LogP contribution < -0.4 is 4.90 Å². The molecule has 0 bridgehead atoms. The molecule has 102 valence electrons. The molecule has 2 aromatic rings. The number of benzene rings is 2. The molecule has 0 amide bonds. The lowest BCUT2D eigenvalue weighted by molar-refractivity contribution is -0.117. The zero-order valence-electron chi connectivity index (χ0n) is 11.5. The third kappa shape index (κ3) is 2.46. The molecule has 1 heterocycles. The molecule has 0 radical (unpaired) electrons. The zero-order valence-corrected chi connectivity index (χ0v) is 12.3. The normalized spacial score (nSPS) is 12.8. The van der Waals surface area contributed by atoms with Crippen molar-refractivity contribution in [1.29, 1.82) is 0 Å². The van der Waals surface area contributed by atoms with Crippen molar-refractivity contribution in [3.05, 3.63) is 48.5 Å². The van der Waals surface area contributed by atoms with Gasteiger partial charge in [0.05, 0.1) is 17.9 Å². The maximum absolute atomic E-state index is 12.1. The largest absolute Gasteiger partial charge is 0.332 e. The van der Waals surface area contributed by atoms with E-state index < -0.39 is 0 Å². The van der Waals surface area contributed by atoms with Crippen molar-refractivity contribution in [3.63, 3.8) is 0 Å². The molecule has 0 fully saturated rings. The van der Waals surface area contributed by atoms with Crippen LogP contribution in [0.25, 0.3) is 0 Å². The Morgan fingerprint density at radius 1 is 1.00 bits per heavy atom. The number of carbonyl (C=O) groups excluding carboxylic acids is 1. The Balaban J connectivity index is 2.01. The molecule has 2 aromatic carbocycles. The van der Waals surface area contributed by atoms with Gasteiger partial charge in [-0.25, -0.2) is 0 Å². The lowest BCUT2D eigenvalue weighted by Crippen LogP contribution is -2.27. The van der Waals surface area contributed by atoms with Crippen LogP contribution >= 0.6 is 11.8 Å². The summed E-state index contributed by atoms with van der Waals surface area (Å²) < 4.78 is 0. The molecule has 20 heavy (non-hydrogen) atoms. The Labute approximate surface area is 123 Å². The molecule has 0 saturated heterocycles. The summed E-state index contributed by atoms with van der Waals surface area (Å²) in [5, 5.41) is 0. The summed E-state index contributed by atoms with van der Waals surface area (Å²) in [7, 11) is 0. The second-order valence-corrected chi connectivity index (χ2v) is 6.00. The van der Waals surface area contributed by atoms with Crippen molar-refractivity contribution in [2.24, 2.45) is 0 Å². The van der Waals surface area contributed by atoms with E-state index in [4.69, 9.17) is 0 Å². The Morgan fingerprint density at radius 2 is 1.55 bits per heavy atom. The van der Waals surface area contributed by atoms with Gasteiger partial charge < -0.3 is 4.90 Å². The fourth-order valence-electron chi connectivity index (χ4n) is 2.49. The maximum Gasteiger partial charge on any atom is 0.152 e. The van der Waals surface area contributed by atoms with E-state index in [0.717, 1.165) is 17.8 Å². The van der Waals surface area contributed by atoms with Crippen LogP contribution in [0.2, 0.25) is 0 Å². The van der Waals surface area contributed by atoms with Crippen LogP contribution in [0.4, 0.5) is 11.4 Å². The van der Waals surface area contributed by atoms with Crippen molar-refractivity contribution < 1.29 is 4.79 Å². The first-order valence-corrected chi connectivity index (χ1v) is 7.76. The predicted octanol–water partition coefficient (Wildman–Crippen LogP) is 4.66. The van der Waals surface area contributed by atoms with E-state index in [1.807, 2.05) is 31.2 Å². The van der Waals surface area contributed by atoms with Gasteiger partial charge in [-0.15, -0.1) is 0 Å². The number of ketones is 1. The molecular formula is C17H17NOS. The molecule has 1 aliphatic rings. The Morgan fingerprint density at radius 3 is 2.10 bits per heavy atom. The van der Waals surface area contributed by atoms with Gasteiger partial charge in [-0.2, -0.15) is 0 Å². The van der Waals surface area contributed by atoms with Crippen molar-refractivity contribution >= 4 is 28.9 Å². The minimum atomic E-state index is 0.295. The number of para-hydroxylation sites is 2. The number of hydrogen-bond donors (Lipinski definition) is 0. The van der Waals surface area contributed by atoms with E-state index in [1.54, 1.807) is 11.8 Å². The monoisotopic (exact) mass is 283 g/mol. The fourth-order valence-corrected chi connectivity index (χ4v) is 3.58. The molecule has 0 aromatic heterocycles. The summed E-state index contributed by atoms with van der Waals surface area (Å²) in [5.41, 5.74) is 2.28. The second-order valence-electron chi connectivity index (χ2n) is 4.91. The zero-order chi connectivity index (χ0) is 13.9. The average Bonchev–Trinajstić information content (AvgIpc) is 2.47. The number of Topliss-reactive ketones (excluding diaryl/α,β-unsaturated/α-hetero) is 1. The van der Waals surface area contributed by atoms with Gasteiger partial charge in [0.25, 0.3) is 0 Å². The van der Waals surface area contributed by atoms with E-state index in [-0.39, 0.29) is 0 Å². The van der Waals surface area contributed by atoms with Gasteiger partial charge in [-0.3, -0.25) is 4.79 Å². The number of rotatable bonds is 4. The molecule has 0 N–H and O–H groups in total. The highest BCUT2D eigenvalue weighted by atomic mass is 32.2. The highest BCUT2D eigenvalue weighted by Gasteiger charge is 2.23. The summed E-state index contributed by atoms with van der Waals surface area (Å²) in [4.78, 5) is 16.7. The topological polar surface area (TPSA) is 20.3 Å². The van der Waals surface area contributed by atoms with Gasteiger partial charge in [0.2, 0.25) is 0 Å². The smallest absolute Gasteiger partial charge is 0.152 e. The van der Waals surface area contributed by atoms with Gasteiger partial charge >= 0.3 is 0 Å². The molecule has 0 unspecified atom stereocenters. The second kappa shape index (κ2) is 5.71. The molecule has 0 aliphatic carbocycles. The number of anilines is 2. The standard InChI is InChI=1S/C17H17NOS/c1-2-7-13(19)12-18-14-8-3-5-10-16(14)20-17-11-6-4-9-15(17)18/h3-6,8-11H,2,7,12H2,1H3. The van der Waals surface area contributed by atoms with Crippen molar-refractivity contribution in [2.75, 3.05) is 11.4 Å². The van der Waals surface area contributed by atoms with E-state index in [2.05, 4.69) is 29.2 Å². The molecular weight excluding hydrogens is 266 g/mol. The van der Waals surface area contributed by atoms with Crippen LogP contribution in [0.15, 0.2) is 58.3 Å². The van der Waals surface area contributed by atoms with Crippen molar-refractivity contribution in [1.82, 2.24) is 0 Å². The minimum absolute atomic E-state index is 0.295.